The number of hydrogen-bond donors (Lipinski definition) is 2. The monoisotopic (exact) mass is 185 g/mol. The van der Waals surface area contributed by atoms with Crippen LogP contribution in [-0.2, 0) is 6.42 Å². The Hall–Kier alpha value is -1.07. The summed E-state index contributed by atoms with van der Waals surface area (Å²) >= 11 is 0. The van der Waals surface area contributed by atoms with Crippen LogP contribution in [0.5, 0.6) is 0 Å². The number of aliphatic hydroxyl groups excluding tert-OH is 1. The number of aliphatic hydroxyl groups is 1. The lowest BCUT2D eigenvalue weighted by Gasteiger charge is -2.14. The lowest BCUT2D eigenvalue weighted by atomic mass is 10.1. The van der Waals surface area contributed by atoms with Gasteiger partial charge in [0.1, 0.15) is 12.5 Å². The van der Waals surface area contributed by atoms with E-state index in [1.54, 1.807) is 18.5 Å². The summed E-state index contributed by atoms with van der Waals surface area (Å²) in [7, 11) is 0. The number of nitrogens with two attached hydrogens (primary N) is 1. The van der Waals surface area contributed by atoms with Crippen LogP contribution in [0.2, 0.25) is 0 Å². The zero-order chi connectivity index (χ0) is 9.68. The molecule has 0 aromatic carbocycles. The van der Waals surface area contributed by atoms with Gasteiger partial charge in [0.2, 0.25) is 0 Å². The zero-order valence-corrected chi connectivity index (χ0v) is 7.10. The number of aromatic nitrogens is 2. The minimum absolute atomic E-state index is 0.284. The van der Waals surface area contributed by atoms with E-state index in [4.69, 9.17) is 10.8 Å². The predicted molar refractivity (Wildman–Crippen MR) is 45.7 cm³/mol. The first kappa shape index (κ1) is 10.0. The summed E-state index contributed by atoms with van der Waals surface area (Å²) in [6.45, 7) is -0.839. The van der Waals surface area contributed by atoms with Crippen molar-refractivity contribution in [3.05, 3.63) is 24.3 Å². The van der Waals surface area contributed by atoms with Gasteiger partial charge in [-0.15, -0.1) is 0 Å². The van der Waals surface area contributed by atoms with Gasteiger partial charge < -0.3 is 10.8 Å². The first-order valence-corrected chi connectivity index (χ1v) is 3.99. The van der Waals surface area contributed by atoms with Gasteiger partial charge in [0.15, 0.2) is 0 Å². The molecule has 0 aliphatic rings. The minimum atomic E-state index is -1.14. The molecule has 4 nitrogen and oxygen atoms in total. The second kappa shape index (κ2) is 4.84. The summed E-state index contributed by atoms with van der Waals surface area (Å²) in [5, 5.41) is 9.03. The second-order valence-electron chi connectivity index (χ2n) is 2.75. The van der Waals surface area contributed by atoms with E-state index in [1.165, 1.54) is 0 Å². The summed E-state index contributed by atoms with van der Waals surface area (Å²) < 4.78 is 12.0. The molecule has 0 amide bonds. The standard InChI is InChI=1S/C8H12FN3O/c9-5-7(13)6(10)4-8-11-2-1-3-12-8/h1-3,6-7,13H,4-5,10H2/t6-,7+/m1/s1. The van der Waals surface area contributed by atoms with Crippen molar-refractivity contribution in [2.75, 3.05) is 6.67 Å². The number of nitrogens with zero attached hydrogens (tertiary/aromatic N) is 2. The summed E-state index contributed by atoms with van der Waals surface area (Å²) in [5.41, 5.74) is 5.49. The molecule has 1 aromatic rings. The summed E-state index contributed by atoms with van der Waals surface area (Å²) in [5.74, 6) is 0.516. The summed E-state index contributed by atoms with van der Waals surface area (Å²) in [6.07, 6.45) is 2.31. The van der Waals surface area contributed by atoms with Crippen LogP contribution in [-0.4, -0.2) is 33.9 Å². The Bertz CT molecular complexity index is 244. The molecule has 0 bridgehead atoms. The fraction of sp³-hybridized carbons (Fsp3) is 0.500. The molecule has 1 rings (SSSR count). The van der Waals surface area contributed by atoms with Gasteiger partial charge in [-0.1, -0.05) is 0 Å². The molecule has 1 heterocycles. The smallest absolute Gasteiger partial charge is 0.129 e. The summed E-state index contributed by atoms with van der Waals surface area (Å²) in [6, 6.07) is 1.04. The van der Waals surface area contributed by atoms with Crippen LogP contribution in [0.4, 0.5) is 4.39 Å². The van der Waals surface area contributed by atoms with Crippen LogP contribution in [0.15, 0.2) is 18.5 Å². The molecule has 13 heavy (non-hydrogen) atoms. The van der Waals surface area contributed by atoms with Crippen molar-refractivity contribution in [1.82, 2.24) is 9.97 Å². The highest BCUT2D eigenvalue weighted by Gasteiger charge is 2.15. The first-order valence-electron chi connectivity index (χ1n) is 3.99. The quantitative estimate of drug-likeness (QED) is 0.674. The van der Waals surface area contributed by atoms with Gasteiger partial charge in [-0.25, -0.2) is 14.4 Å². The average Bonchev–Trinajstić information content (AvgIpc) is 2.18. The molecule has 0 spiro atoms. The van der Waals surface area contributed by atoms with Crippen molar-refractivity contribution in [3.8, 4) is 0 Å². The number of rotatable bonds is 4. The molecule has 1 aromatic heterocycles. The van der Waals surface area contributed by atoms with Crippen LogP contribution in [0, 0.1) is 0 Å². The van der Waals surface area contributed by atoms with Crippen LogP contribution in [0.25, 0.3) is 0 Å². The van der Waals surface area contributed by atoms with Gasteiger partial charge in [0.25, 0.3) is 0 Å². The van der Waals surface area contributed by atoms with E-state index in [9.17, 15) is 4.39 Å². The maximum Gasteiger partial charge on any atom is 0.129 e. The first-order chi connectivity index (χ1) is 6.24. The molecule has 0 fully saturated rings. The number of alkyl halides is 1. The van der Waals surface area contributed by atoms with Crippen molar-refractivity contribution >= 4 is 0 Å². The molecule has 5 heteroatoms. The highest BCUT2D eigenvalue weighted by molar-refractivity contribution is 4.92. The Labute approximate surface area is 75.6 Å². The lowest BCUT2D eigenvalue weighted by molar-refractivity contribution is 0.112. The zero-order valence-electron chi connectivity index (χ0n) is 7.10. The van der Waals surface area contributed by atoms with Gasteiger partial charge in [0, 0.05) is 24.9 Å². The van der Waals surface area contributed by atoms with Gasteiger partial charge in [-0.3, -0.25) is 0 Å². The molecular formula is C8H12FN3O. The number of halogens is 1. The molecule has 0 saturated heterocycles. The second-order valence-corrected chi connectivity index (χ2v) is 2.75. The van der Waals surface area contributed by atoms with E-state index in [1.807, 2.05) is 0 Å². The van der Waals surface area contributed by atoms with Gasteiger partial charge >= 0.3 is 0 Å². The van der Waals surface area contributed by atoms with E-state index in [2.05, 4.69) is 9.97 Å². The molecule has 0 radical (unpaired) electrons. The van der Waals surface area contributed by atoms with Gasteiger partial charge in [-0.05, 0) is 6.07 Å². The third-order valence-corrected chi connectivity index (χ3v) is 1.69. The van der Waals surface area contributed by atoms with Crippen LogP contribution >= 0.6 is 0 Å². The van der Waals surface area contributed by atoms with Gasteiger partial charge in [-0.2, -0.15) is 0 Å². The van der Waals surface area contributed by atoms with Crippen molar-refractivity contribution in [1.29, 1.82) is 0 Å². The van der Waals surface area contributed by atoms with Crippen molar-refractivity contribution in [3.63, 3.8) is 0 Å². The van der Waals surface area contributed by atoms with Crippen LogP contribution in [0.1, 0.15) is 5.82 Å². The summed E-state index contributed by atoms with van der Waals surface area (Å²) in [4.78, 5) is 7.82. The Morgan fingerprint density at radius 1 is 1.46 bits per heavy atom. The number of hydrogen-bond acceptors (Lipinski definition) is 4. The minimum Gasteiger partial charge on any atom is -0.389 e. The lowest BCUT2D eigenvalue weighted by Crippen LogP contribution is -2.38. The van der Waals surface area contributed by atoms with E-state index in [0.29, 0.717) is 5.82 Å². The molecule has 2 atom stereocenters. The third kappa shape index (κ3) is 3.04. The molecule has 0 unspecified atom stereocenters. The largest absolute Gasteiger partial charge is 0.389 e. The normalized spacial score (nSPS) is 15.3. The Kier molecular flexibility index (Phi) is 3.72. The highest BCUT2D eigenvalue weighted by Crippen LogP contribution is 1.98. The predicted octanol–water partition coefficient (Wildman–Crippen LogP) is -0.323. The Morgan fingerprint density at radius 3 is 2.62 bits per heavy atom. The topological polar surface area (TPSA) is 72.0 Å². The van der Waals surface area contributed by atoms with E-state index in [0.717, 1.165) is 0 Å². The third-order valence-electron chi connectivity index (χ3n) is 1.69. The highest BCUT2D eigenvalue weighted by atomic mass is 19.1. The fourth-order valence-corrected chi connectivity index (χ4v) is 0.897. The van der Waals surface area contributed by atoms with E-state index < -0.39 is 18.8 Å². The molecule has 0 saturated carbocycles. The van der Waals surface area contributed by atoms with Crippen molar-refractivity contribution < 1.29 is 9.50 Å². The van der Waals surface area contributed by atoms with Crippen molar-refractivity contribution in [2.24, 2.45) is 5.73 Å². The van der Waals surface area contributed by atoms with E-state index >= 15 is 0 Å². The molecule has 72 valence electrons. The maximum absolute atomic E-state index is 12.0. The molecular weight excluding hydrogens is 173 g/mol. The molecule has 3 N–H and O–H groups in total. The SMILES string of the molecule is N[C@H](Cc1ncccn1)[C@@H](O)CF. The average molecular weight is 185 g/mol. The Balaban J connectivity index is 2.50. The molecule has 0 aliphatic carbocycles. The van der Waals surface area contributed by atoms with Crippen molar-refractivity contribution in [2.45, 2.75) is 18.6 Å². The Morgan fingerprint density at radius 2 is 2.08 bits per heavy atom. The van der Waals surface area contributed by atoms with E-state index in [-0.39, 0.29) is 6.42 Å². The maximum atomic E-state index is 12.0. The van der Waals surface area contributed by atoms with Crippen LogP contribution in [0.3, 0.4) is 0 Å². The van der Waals surface area contributed by atoms with Crippen LogP contribution < -0.4 is 5.73 Å². The fourth-order valence-electron chi connectivity index (χ4n) is 0.897. The van der Waals surface area contributed by atoms with Gasteiger partial charge in [0.05, 0.1) is 6.10 Å². The molecule has 0 aliphatic heterocycles.